The van der Waals surface area contributed by atoms with E-state index in [0.717, 1.165) is 11.6 Å². The summed E-state index contributed by atoms with van der Waals surface area (Å²) in [5, 5.41) is 10.5. The van der Waals surface area contributed by atoms with Crippen molar-refractivity contribution in [2.75, 3.05) is 11.5 Å². The van der Waals surface area contributed by atoms with Gasteiger partial charge in [0.05, 0.1) is 26.3 Å². The van der Waals surface area contributed by atoms with Crippen LogP contribution >= 0.6 is 0 Å². The third-order valence-electron chi connectivity index (χ3n) is 2.94. The molecule has 0 radical (unpaired) electrons. The average molecular weight is 308 g/mol. The molecule has 21 heavy (non-hydrogen) atoms. The first-order valence-corrected chi connectivity index (χ1v) is 7.46. The first-order valence-electron chi connectivity index (χ1n) is 6.14. The van der Waals surface area contributed by atoms with Gasteiger partial charge in [-0.05, 0) is 30.2 Å². The van der Waals surface area contributed by atoms with E-state index in [9.17, 15) is 18.7 Å². The van der Waals surface area contributed by atoms with Crippen LogP contribution in [0, 0.1) is 15.9 Å². The lowest BCUT2D eigenvalue weighted by atomic mass is 10.1. The van der Waals surface area contributed by atoms with Gasteiger partial charge in [0, 0.05) is 17.9 Å². The molecule has 2 aromatic carbocycles. The fraction of sp³-hybridized carbons (Fsp3) is 0.143. The summed E-state index contributed by atoms with van der Waals surface area (Å²) in [6, 6.07) is 9.84. The molecule has 2 aromatic rings. The Labute approximate surface area is 123 Å². The molecule has 0 amide bonds. The number of nitrogens with zero attached hydrogens (tertiary/aromatic N) is 1. The number of nitrogen functional groups attached to an aromatic ring is 1. The molecule has 2 N–H and O–H groups in total. The van der Waals surface area contributed by atoms with Crippen LogP contribution in [0.4, 0.5) is 15.8 Å². The molecule has 0 aliphatic rings. The SMILES string of the molecule is Nc1cc(F)ccc1S(=O)CCc1ccc([N+](=O)[O-])cc1. The summed E-state index contributed by atoms with van der Waals surface area (Å²) in [5.74, 6) is -0.156. The van der Waals surface area contributed by atoms with Crippen molar-refractivity contribution in [1.82, 2.24) is 0 Å². The van der Waals surface area contributed by atoms with Gasteiger partial charge in [0.1, 0.15) is 5.82 Å². The molecule has 0 saturated heterocycles. The van der Waals surface area contributed by atoms with Gasteiger partial charge in [-0.2, -0.15) is 0 Å². The normalized spacial score (nSPS) is 12.0. The molecular weight excluding hydrogens is 295 g/mol. The molecule has 7 heteroatoms. The zero-order valence-electron chi connectivity index (χ0n) is 11.0. The Kier molecular flexibility index (Phi) is 4.64. The van der Waals surface area contributed by atoms with Crippen molar-refractivity contribution in [1.29, 1.82) is 0 Å². The lowest BCUT2D eigenvalue weighted by molar-refractivity contribution is -0.384. The van der Waals surface area contributed by atoms with Crippen molar-refractivity contribution in [3.05, 3.63) is 64.0 Å². The Balaban J connectivity index is 2.02. The number of non-ortho nitro benzene ring substituents is 1. The van der Waals surface area contributed by atoms with Crippen LogP contribution in [0.2, 0.25) is 0 Å². The van der Waals surface area contributed by atoms with E-state index in [1.165, 1.54) is 24.3 Å². The second-order valence-electron chi connectivity index (χ2n) is 4.41. The van der Waals surface area contributed by atoms with Crippen LogP contribution in [0.1, 0.15) is 5.56 Å². The van der Waals surface area contributed by atoms with Crippen LogP contribution < -0.4 is 5.73 Å². The summed E-state index contributed by atoms with van der Waals surface area (Å²) in [7, 11) is -1.34. The third kappa shape index (κ3) is 3.85. The first kappa shape index (κ1) is 15.1. The molecule has 0 fully saturated rings. The summed E-state index contributed by atoms with van der Waals surface area (Å²) in [6.45, 7) is 0. The molecule has 1 atom stereocenters. The van der Waals surface area contributed by atoms with Crippen LogP contribution in [0.15, 0.2) is 47.4 Å². The molecule has 0 spiro atoms. The van der Waals surface area contributed by atoms with E-state index in [4.69, 9.17) is 5.73 Å². The fourth-order valence-corrected chi connectivity index (χ4v) is 3.01. The van der Waals surface area contributed by atoms with Crippen molar-refractivity contribution >= 4 is 22.2 Å². The van der Waals surface area contributed by atoms with Crippen LogP contribution in [-0.4, -0.2) is 14.9 Å². The number of aryl methyl sites for hydroxylation is 1. The van der Waals surface area contributed by atoms with Gasteiger partial charge in [-0.25, -0.2) is 4.39 Å². The maximum atomic E-state index is 12.9. The standard InChI is InChI=1S/C14H13FN2O3S/c15-11-3-6-14(13(16)9-11)21(20)8-7-10-1-4-12(5-2-10)17(18)19/h1-6,9H,7-8,16H2. The summed E-state index contributed by atoms with van der Waals surface area (Å²) in [4.78, 5) is 10.5. The number of halogens is 1. The van der Waals surface area contributed by atoms with Crippen molar-refractivity contribution < 1.29 is 13.5 Å². The highest BCUT2D eigenvalue weighted by Crippen LogP contribution is 2.19. The Morgan fingerprint density at radius 2 is 1.86 bits per heavy atom. The summed E-state index contributed by atoms with van der Waals surface area (Å²) in [6.07, 6.45) is 0.488. The van der Waals surface area contributed by atoms with Crippen molar-refractivity contribution in [3.63, 3.8) is 0 Å². The van der Waals surface area contributed by atoms with E-state index in [-0.39, 0.29) is 11.4 Å². The number of nitro groups is 1. The second kappa shape index (κ2) is 6.45. The molecule has 1 unspecified atom stereocenters. The zero-order chi connectivity index (χ0) is 15.4. The molecule has 2 rings (SSSR count). The number of anilines is 1. The summed E-state index contributed by atoms with van der Waals surface area (Å²) in [5.41, 5.74) is 6.66. The number of rotatable bonds is 5. The van der Waals surface area contributed by atoms with Crippen LogP contribution in [0.3, 0.4) is 0 Å². The predicted octanol–water partition coefficient (Wildman–Crippen LogP) is 2.67. The van der Waals surface area contributed by atoms with E-state index in [1.54, 1.807) is 12.1 Å². The highest BCUT2D eigenvalue weighted by atomic mass is 32.2. The number of nitrogens with two attached hydrogens (primary N) is 1. The highest BCUT2D eigenvalue weighted by Gasteiger charge is 2.10. The summed E-state index contributed by atoms with van der Waals surface area (Å²) < 4.78 is 25.1. The van der Waals surface area contributed by atoms with E-state index < -0.39 is 21.5 Å². The van der Waals surface area contributed by atoms with Gasteiger partial charge in [-0.1, -0.05) is 12.1 Å². The van der Waals surface area contributed by atoms with Crippen LogP contribution in [0.25, 0.3) is 0 Å². The van der Waals surface area contributed by atoms with Gasteiger partial charge in [0.15, 0.2) is 0 Å². The average Bonchev–Trinajstić information content (AvgIpc) is 2.45. The Hall–Kier alpha value is -2.28. The van der Waals surface area contributed by atoms with Gasteiger partial charge >= 0.3 is 0 Å². The number of nitro benzene ring substituents is 1. The molecule has 0 heterocycles. The smallest absolute Gasteiger partial charge is 0.269 e. The van der Waals surface area contributed by atoms with E-state index in [1.807, 2.05) is 0 Å². The van der Waals surface area contributed by atoms with E-state index in [2.05, 4.69) is 0 Å². The highest BCUT2D eigenvalue weighted by molar-refractivity contribution is 7.85. The van der Waals surface area contributed by atoms with Crippen molar-refractivity contribution in [3.8, 4) is 0 Å². The van der Waals surface area contributed by atoms with Gasteiger partial charge in [0.25, 0.3) is 5.69 Å². The minimum atomic E-state index is -1.34. The molecule has 5 nitrogen and oxygen atoms in total. The first-order chi connectivity index (χ1) is 9.97. The maximum absolute atomic E-state index is 12.9. The monoisotopic (exact) mass is 308 g/mol. The van der Waals surface area contributed by atoms with Gasteiger partial charge < -0.3 is 5.73 Å². The van der Waals surface area contributed by atoms with Gasteiger partial charge in [-0.3, -0.25) is 14.3 Å². The predicted molar refractivity (Wildman–Crippen MR) is 78.9 cm³/mol. The zero-order valence-corrected chi connectivity index (χ0v) is 11.8. The topological polar surface area (TPSA) is 86.2 Å². The Bertz CT molecular complexity index is 689. The van der Waals surface area contributed by atoms with Crippen LogP contribution in [-0.2, 0) is 17.2 Å². The number of hydrogen-bond donors (Lipinski definition) is 1. The summed E-state index contributed by atoms with van der Waals surface area (Å²) >= 11 is 0. The van der Waals surface area contributed by atoms with Gasteiger partial charge in [0.2, 0.25) is 0 Å². The van der Waals surface area contributed by atoms with Crippen molar-refractivity contribution in [2.45, 2.75) is 11.3 Å². The molecule has 0 aromatic heterocycles. The molecular formula is C14H13FN2O3S. The quantitative estimate of drug-likeness (QED) is 0.522. The molecule has 110 valence electrons. The molecule has 0 aliphatic heterocycles. The lowest BCUT2D eigenvalue weighted by Gasteiger charge is -2.06. The van der Waals surface area contributed by atoms with E-state index >= 15 is 0 Å². The molecule has 0 saturated carbocycles. The largest absolute Gasteiger partial charge is 0.398 e. The fourth-order valence-electron chi connectivity index (χ4n) is 1.83. The lowest BCUT2D eigenvalue weighted by Crippen LogP contribution is -2.05. The second-order valence-corrected chi connectivity index (χ2v) is 5.94. The van der Waals surface area contributed by atoms with Crippen molar-refractivity contribution in [2.24, 2.45) is 0 Å². The molecule has 0 bridgehead atoms. The van der Waals surface area contributed by atoms with E-state index in [0.29, 0.717) is 17.1 Å². The minimum Gasteiger partial charge on any atom is -0.398 e. The molecule has 0 aliphatic carbocycles. The number of hydrogen-bond acceptors (Lipinski definition) is 4. The Morgan fingerprint density at radius 3 is 2.43 bits per heavy atom. The minimum absolute atomic E-state index is 0.0163. The number of benzene rings is 2. The third-order valence-corrected chi connectivity index (χ3v) is 4.38. The Morgan fingerprint density at radius 1 is 1.19 bits per heavy atom. The van der Waals surface area contributed by atoms with Crippen LogP contribution in [0.5, 0.6) is 0 Å². The maximum Gasteiger partial charge on any atom is 0.269 e. The van der Waals surface area contributed by atoms with Gasteiger partial charge in [-0.15, -0.1) is 0 Å².